The molecule has 1 aliphatic rings. The summed E-state index contributed by atoms with van der Waals surface area (Å²) in [5.74, 6) is 3.78. The predicted molar refractivity (Wildman–Crippen MR) is 56.5 cm³/mol. The second kappa shape index (κ2) is 5.18. The van der Waals surface area contributed by atoms with Crippen LogP contribution in [0.4, 0.5) is 0 Å². The van der Waals surface area contributed by atoms with E-state index >= 15 is 0 Å². The molecule has 0 saturated carbocycles. The van der Waals surface area contributed by atoms with E-state index in [1.54, 1.807) is 11.8 Å². The molecular formula is C10H15NOS. The molecule has 0 radical (unpaired) electrons. The van der Waals surface area contributed by atoms with Gasteiger partial charge in [0.2, 0.25) is 5.91 Å². The molecular weight excluding hydrogens is 182 g/mol. The maximum Gasteiger partial charge on any atom is 0.234 e. The molecule has 1 rings (SSSR count). The van der Waals surface area contributed by atoms with E-state index in [1.165, 1.54) is 0 Å². The summed E-state index contributed by atoms with van der Waals surface area (Å²) in [6.45, 7) is 1.98. The lowest BCUT2D eigenvalue weighted by molar-refractivity contribution is -0.120. The minimum Gasteiger partial charge on any atom is -0.342 e. The topological polar surface area (TPSA) is 29.1 Å². The van der Waals surface area contributed by atoms with Gasteiger partial charge >= 0.3 is 0 Å². The van der Waals surface area contributed by atoms with Crippen LogP contribution in [-0.4, -0.2) is 23.0 Å². The summed E-state index contributed by atoms with van der Waals surface area (Å²) in [7, 11) is 0. The standard InChI is InChI=1S/C10H15NOS/c1-3-8(4-2)11-10(12)9-6-5-7-13-9/h1,8-9H,4-7H2,2H3,(H,11,12). The Kier molecular flexibility index (Phi) is 4.17. The lowest BCUT2D eigenvalue weighted by atomic mass is 10.2. The zero-order chi connectivity index (χ0) is 9.68. The number of carbonyl (C=O) groups is 1. The van der Waals surface area contributed by atoms with Crippen molar-refractivity contribution < 1.29 is 4.79 Å². The molecule has 0 aromatic heterocycles. The summed E-state index contributed by atoms with van der Waals surface area (Å²) in [5.41, 5.74) is 0. The van der Waals surface area contributed by atoms with Crippen LogP contribution < -0.4 is 5.32 Å². The molecule has 0 spiro atoms. The Labute approximate surface area is 83.9 Å². The van der Waals surface area contributed by atoms with E-state index in [0.717, 1.165) is 25.0 Å². The third-order valence-electron chi connectivity index (χ3n) is 2.15. The summed E-state index contributed by atoms with van der Waals surface area (Å²) >= 11 is 1.73. The SMILES string of the molecule is C#CC(CC)NC(=O)C1CCCS1. The van der Waals surface area contributed by atoms with Crippen molar-refractivity contribution in [2.24, 2.45) is 0 Å². The average Bonchev–Trinajstić information content (AvgIpc) is 2.66. The number of carbonyl (C=O) groups excluding carboxylic acids is 1. The van der Waals surface area contributed by atoms with Crippen LogP contribution in [0.25, 0.3) is 0 Å². The molecule has 1 aliphatic heterocycles. The fourth-order valence-corrected chi connectivity index (χ4v) is 2.48. The van der Waals surface area contributed by atoms with Gasteiger partial charge in [0.1, 0.15) is 0 Å². The summed E-state index contributed by atoms with van der Waals surface area (Å²) in [5, 5.41) is 3.00. The summed E-state index contributed by atoms with van der Waals surface area (Å²) < 4.78 is 0. The number of thioether (sulfide) groups is 1. The Morgan fingerprint density at radius 1 is 1.85 bits per heavy atom. The molecule has 0 aromatic carbocycles. The minimum absolute atomic E-state index is 0.0892. The third kappa shape index (κ3) is 2.96. The Balaban J connectivity index is 2.35. The van der Waals surface area contributed by atoms with Gasteiger partial charge in [0, 0.05) is 0 Å². The molecule has 13 heavy (non-hydrogen) atoms. The van der Waals surface area contributed by atoms with E-state index < -0.39 is 0 Å². The molecule has 0 aliphatic carbocycles. The third-order valence-corrected chi connectivity index (χ3v) is 3.52. The number of hydrogen-bond acceptors (Lipinski definition) is 2. The van der Waals surface area contributed by atoms with E-state index in [2.05, 4.69) is 11.2 Å². The van der Waals surface area contributed by atoms with Gasteiger partial charge in [-0.05, 0) is 25.0 Å². The van der Waals surface area contributed by atoms with Gasteiger partial charge in [-0.15, -0.1) is 18.2 Å². The molecule has 1 fully saturated rings. The van der Waals surface area contributed by atoms with E-state index in [-0.39, 0.29) is 17.2 Å². The van der Waals surface area contributed by atoms with Crippen LogP contribution in [0.5, 0.6) is 0 Å². The molecule has 72 valence electrons. The van der Waals surface area contributed by atoms with Crippen molar-refractivity contribution in [1.82, 2.24) is 5.32 Å². The molecule has 1 N–H and O–H groups in total. The van der Waals surface area contributed by atoms with Crippen molar-refractivity contribution in [2.75, 3.05) is 5.75 Å². The monoisotopic (exact) mass is 197 g/mol. The lowest BCUT2D eigenvalue weighted by Crippen LogP contribution is -2.38. The van der Waals surface area contributed by atoms with E-state index in [4.69, 9.17) is 6.42 Å². The molecule has 1 saturated heterocycles. The van der Waals surface area contributed by atoms with E-state index in [1.807, 2.05) is 6.92 Å². The van der Waals surface area contributed by atoms with Crippen LogP contribution in [0.1, 0.15) is 26.2 Å². The summed E-state index contributed by atoms with van der Waals surface area (Å²) in [6, 6.07) is -0.0892. The number of rotatable bonds is 3. The molecule has 1 heterocycles. The lowest BCUT2D eigenvalue weighted by Gasteiger charge is -2.13. The first-order valence-corrected chi connectivity index (χ1v) is 5.71. The first-order valence-electron chi connectivity index (χ1n) is 4.66. The van der Waals surface area contributed by atoms with Crippen LogP contribution in [0.2, 0.25) is 0 Å². The van der Waals surface area contributed by atoms with Crippen LogP contribution in [-0.2, 0) is 4.79 Å². The highest BCUT2D eigenvalue weighted by atomic mass is 32.2. The molecule has 3 heteroatoms. The van der Waals surface area contributed by atoms with Gasteiger partial charge in [-0.1, -0.05) is 12.8 Å². The Morgan fingerprint density at radius 3 is 3.08 bits per heavy atom. The fourth-order valence-electron chi connectivity index (χ4n) is 1.31. The van der Waals surface area contributed by atoms with E-state index in [0.29, 0.717) is 0 Å². The summed E-state index contributed by atoms with van der Waals surface area (Å²) in [6.07, 6.45) is 8.21. The molecule has 2 nitrogen and oxygen atoms in total. The first-order chi connectivity index (χ1) is 6.27. The highest BCUT2D eigenvalue weighted by molar-refractivity contribution is 8.00. The van der Waals surface area contributed by atoms with Crippen LogP contribution in [0.15, 0.2) is 0 Å². The van der Waals surface area contributed by atoms with Gasteiger partial charge in [0.15, 0.2) is 0 Å². The van der Waals surface area contributed by atoms with Gasteiger partial charge in [-0.25, -0.2) is 0 Å². The van der Waals surface area contributed by atoms with Crippen molar-refractivity contribution in [3.8, 4) is 12.3 Å². The molecule has 2 unspecified atom stereocenters. The highest BCUT2D eigenvalue weighted by Gasteiger charge is 2.24. The largest absolute Gasteiger partial charge is 0.342 e. The maximum atomic E-state index is 11.5. The second-order valence-electron chi connectivity index (χ2n) is 3.14. The van der Waals surface area contributed by atoms with Crippen molar-refractivity contribution in [2.45, 2.75) is 37.5 Å². The summed E-state index contributed by atoms with van der Waals surface area (Å²) in [4.78, 5) is 11.5. The fraction of sp³-hybridized carbons (Fsp3) is 0.700. The minimum atomic E-state index is -0.0892. The maximum absolute atomic E-state index is 11.5. The number of nitrogens with one attached hydrogen (secondary N) is 1. The number of terminal acetylenes is 1. The number of amides is 1. The van der Waals surface area contributed by atoms with Gasteiger partial charge < -0.3 is 5.32 Å². The van der Waals surface area contributed by atoms with Gasteiger partial charge in [0.25, 0.3) is 0 Å². The molecule has 0 aromatic rings. The Bertz CT molecular complexity index is 215. The van der Waals surface area contributed by atoms with Gasteiger partial charge in [0.05, 0.1) is 11.3 Å². The number of hydrogen-bond donors (Lipinski definition) is 1. The predicted octanol–water partition coefficient (Wildman–Crippen LogP) is 1.41. The quantitative estimate of drug-likeness (QED) is 0.693. The first kappa shape index (κ1) is 10.5. The normalized spacial score (nSPS) is 23.5. The van der Waals surface area contributed by atoms with Crippen molar-refractivity contribution in [1.29, 1.82) is 0 Å². The zero-order valence-electron chi connectivity index (χ0n) is 7.88. The second-order valence-corrected chi connectivity index (χ2v) is 4.45. The molecule has 0 bridgehead atoms. The van der Waals surface area contributed by atoms with Crippen molar-refractivity contribution in [3.63, 3.8) is 0 Å². The Morgan fingerprint density at radius 2 is 2.62 bits per heavy atom. The van der Waals surface area contributed by atoms with Crippen molar-refractivity contribution >= 4 is 17.7 Å². The average molecular weight is 197 g/mol. The molecule has 1 amide bonds. The van der Waals surface area contributed by atoms with Gasteiger partial charge in [-0.3, -0.25) is 4.79 Å². The van der Waals surface area contributed by atoms with Crippen LogP contribution in [0.3, 0.4) is 0 Å². The highest BCUT2D eigenvalue weighted by Crippen LogP contribution is 2.26. The molecule has 2 atom stereocenters. The van der Waals surface area contributed by atoms with Gasteiger partial charge in [-0.2, -0.15) is 0 Å². The van der Waals surface area contributed by atoms with Crippen molar-refractivity contribution in [3.05, 3.63) is 0 Å². The van der Waals surface area contributed by atoms with Crippen LogP contribution in [0, 0.1) is 12.3 Å². The smallest absolute Gasteiger partial charge is 0.234 e. The Hall–Kier alpha value is -0.620. The van der Waals surface area contributed by atoms with E-state index in [9.17, 15) is 4.79 Å². The zero-order valence-corrected chi connectivity index (χ0v) is 8.69. The van der Waals surface area contributed by atoms with Crippen LogP contribution >= 0.6 is 11.8 Å².